The largest absolute Gasteiger partial charge is 0.501 e. The van der Waals surface area contributed by atoms with Crippen molar-refractivity contribution < 1.29 is 98.7 Å². The standard InChI is InChI=1S/C72H79N8O20S3/c1-80(2,38-43-7-10-52(11-8-43)99-103(88,89)100-63-27-47(9-12-58(63)97-72-69(85)68(84)67(83)64(40-81)98-72)57(82)6-5-16-92-18-20-94-21-19-93-17-15-76-77-73)39-44-24-45(41-95-61-32-55-53(30-59(61)90-3)70(86)78-36-48-13-22-101-65(48)28-50(78)34-74-55)26-46(25-44)42-96-62-33-56-54(31-60(62)91-4)71(87)79-37-49-14-23-102-66(49)29-51(79)35-75-56/h7-14,22-27,30-35,50-51,64,67-69,72,81,83-85H,5-6,15-21,28-29,36-42H2,1-4H3/q+1/t50-,51-,64+,67-,68-,69+,72?/m0/s1. The van der Waals surface area contributed by atoms with Crippen LogP contribution in [-0.2, 0) is 81.6 Å². The first-order valence-corrected chi connectivity index (χ1v) is 36.4. The van der Waals surface area contributed by atoms with Crippen molar-refractivity contribution in [1.29, 1.82) is 0 Å². The van der Waals surface area contributed by atoms with Crippen molar-refractivity contribution in [3.8, 4) is 40.2 Å². The number of azide groups is 1. The predicted molar refractivity (Wildman–Crippen MR) is 378 cm³/mol. The Bertz CT molecular complexity index is 4290. The Balaban J connectivity index is 0.737. The van der Waals surface area contributed by atoms with Crippen LogP contribution in [0.4, 0.5) is 11.4 Å². The van der Waals surface area contributed by atoms with Gasteiger partial charge in [-0.3, -0.25) is 24.4 Å². The van der Waals surface area contributed by atoms with E-state index < -0.39 is 59.2 Å². The average molecular weight is 1470 g/mol. The molecule has 7 aromatic rings. The van der Waals surface area contributed by atoms with Crippen LogP contribution < -0.4 is 32.1 Å². The van der Waals surface area contributed by atoms with Gasteiger partial charge in [0.15, 0.2) is 40.3 Å². The number of rotatable bonds is 33. The maximum absolute atomic E-state index is 14.2. The fraction of sp³-hybridized carbons (Fsp3) is 0.403. The molecule has 0 bridgehead atoms. The van der Waals surface area contributed by atoms with Crippen LogP contribution in [0, 0.1) is 0 Å². The first-order chi connectivity index (χ1) is 49.8. The summed E-state index contributed by atoms with van der Waals surface area (Å²) < 4.78 is 91.7. The maximum Gasteiger partial charge on any atom is 0.501 e. The summed E-state index contributed by atoms with van der Waals surface area (Å²) in [6.07, 6.45) is -3.26. The molecule has 1 unspecified atom stereocenters. The number of amides is 2. The van der Waals surface area contributed by atoms with Gasteiger partial charge in [-0.1, -0.05) is 5.11 Å². The van der Waals surface area contributed by atoms with Crippen molar-refractivity contribution in [2.45, 2.75) is 108 Å². The molecule has 31 heteroatoms. The number of quaternary nitrogens is 1. The van der Waals surface area contributed by atoms with Gasteiger partial charge in [0.2, 0.25) is 6.29 Å². The number of carbonyl (C=O) groups is 3. The van der Waals surface area contributed by atoms with Crippen molar-refractivity contribution in [2.75, 3.05) is 81.1 Å². The van der Waals surface area contributed by atoms with Gasteiger partial charge in [0.05, 0.1) is 103 Å². The number of aliphatic hydroxyl groups excluding tert-OH is 4. The number of hydrogen-bond acceptors (Lipinski definition) is 25. The van der Waals surface area contributed by atoms with Gasteiger partial charge >= 0.3 is 10.4 Å². The van der Waals surface area contributed by atoms with Crippen LogP contribution in [0.2, 0.25) is 0 Å². The molecule has 4 N–H and O–H groups in total. The van der Waals surface area contributed by atoms with Crippen LogP contribution in [0.3, 0.4) is 0 Å². The first kappa shape index (κ1) is 73.7. The minimum absolute atomic E-state index is 0.0140. The number of thiophene rings is 2. The van der Waals surface area contributed by atoms with Crippen molar-refractivity contribution in [2.24, 2.45) is 15.1 Å². The minimum Gasteiger partial charge on any atom is -0.493 e. The molecule has 1 fully saturated rings. The SMILES string of the molecule is COc1cc2c(cc1OCc1cc(COc3cc4c(cc3OC)C(=O)N3Cc5ccsc5C[C@H]3C=N4)cc(C[N+](C)(C)Cc3ccc(OS(=O)(=O)Oc4cc(C(=O)CCCOCCOCCOCCN=[N+]=[N-])ccc4OC4O[C@H](CO)[C@H](O)[C@H](O)[C@H]4O)cc3)c1)N=C[C@@H]1Cc3sccc3CN1C2=O. The van der Waals surface area contributed by atoms with Gasteiger partial charge in [-0.05, 0) is 130 Å². The van der Waals surface area contributed by atoms with Crippen LogP contribution in [-0.4, -0.2) is 197 Å². The molecule has 0 radical (unpaired) electrons. The van der Waals surface area contributed by atoms with Gasteiger partial charge in [-0.25, -0.2) is 0 Å². The van der Waals surface area contributed by atoms with E-state index in [4.69, 9.17) is 66.5 Å². The number of ether oxygens (including phenoxy) is 9. The Kier molecular flexibility index (Phi) is 23.7. The molecule has 28 nitrogen and oxygen atoms in total. The summed E-state index contributed by atoms with van der Waals surface area (Å²) in [6.45, 7) is 3.03. The highest BCUT2D eigenvalue weighted by atomic mass is 32.3. The summed E-state index contributed by atoms with van der Waals surface area (Å²) in [7, 11) is 2.09. The van der Waals surface area contributed by atoms with Gasteiger partial charge in [-0.2, -0.15) is 0 Å². The average Bonchev–Trinajstić information content (AvgIpc) is 1.70. The molecule has 2 amide bonds. The van der Waals surface area contributed by atoms with Crippen LogP contribution in [0.1, 0.15) is 87.1 Å². The molecule has 0 aliphatic carbocycles. The number of aliphatic hydroxyl groups is 4. The summed E-state index contributed by atoms with van der Waals surface area (Å²) in [5.41, 5.74) is 15.6. The van der Waals surface area contributed by atoms with Crippen molar-refractivity contribution in [3.63, 3.8) is 0 Å². The second-order valence-corrected chi connectivity index (χ2v) is 28.9. The number of carbonyl (C=O) groups excluding carboxylic acids is 3. The van der Waals surface area contributed by atoms with Crippen molar-refractivity contribution in [3.05, 3.63) is 178 Å². The van der Waals surface area contributed by atoms with E-state index in [1.54, 1.807) is 59.1 Å². The number of methoxy groups -OCH3 is 2. The number of Topliss-reactive ketones (excluding diaryl/α,β-unsaturated/α-hetero) is 1. The minimum atomic E-state index is -5.03. The highest BCUT2D eigenvalue weighted by Crippen LogP contribution is 2.43. The zero-order chi connectivity index (χ0) is 72.4. The lowest BCUT2D eigenvalue weighted by atomic mass is 9.99. The predicted octanol–water partition coefficient (Wildman–Crippen LogP) is 8.53. The zero-order valence-corrected chi connectivity index (χ0v) is 59.4. The zero-order valence-electron chi connectivity index (χ0n) is 56.9. The summed E-state index contributed by atoms with van der Waals surface area (Å²) in [5, 5.41) is 49.0. The van der Waals surface area contributed by atoms with E-state index in [1.165, 1.54) is 48.2 Å². The first-order valence-electron chi connectivity index (χ1n) is 33.3. The third-order valence-electron chi connectivity index (χ3n) is 17.9. The van der Waals surface area contributed by atoms with Crippen molar-refractivity contribution in [1.82, 2.24) is 9.80 Å². The maximum atomic E-state index is 14.2. The van der Waals surface area contributed by atoms with Gasteiger partial charge in [0.1, 0.15) is 56.5 Å². The fourth-order valence-corrected chi connectivity index (χ4v) is 15.4. The molecule has 0 saturated carbocycles. The van der Waals surface area contributed by atoms with Gasteiger partial charge in [0.25, 0.3) is 11.8 Å². The smallest absolute Gasteiger partial charge is 0.493 e. The van der Waals surface area contributed by atoms with E-state index in [1.807, 2.05) is 65.3 Å². The lowest BCUT2D eigenvalue weighted by Crippen LogP contribution is -2.60. The Morgan fingerprint density at radius 3 is 1.77 bits per heavy atom. The van der Waals surface area contributed by atoms with Crippen LogP contribution in [0.15, 0.2) is 123 Å². The molecule has 0 spiro atoms. The van der Waals surface area contributed by atoms with Crippen LogP contribution in [0.5, 0.6) is 40.2 Å². The summed E-state index contributed by atoms with van der Waals surface area (Å²) >= 11 is 3.36. The second-order valence-electron chi connectivity index (χ2n) is 25.7. The lowest BCUT2D eigenvalue weighted by Gasteiger charge is -2.39. The number of fused-ring (bicyclic) bond motifs is 6. The summed E-state index contributed by atoms with van der Waals surface area (Å²) in [4.78, 5) is 60.4. The molecule has 5 aromatic carbocycles. The van der Waals surface area contributed by atoms with E-state index in [0.29, 0.717) is 102 Å². The fourth-order valence-electron chi connectivity index (χ4n) is 12.8. The Morgan fingerprint density at radius 1 is 0.650 bits per heavy atom. The highest BCUT2D eigenvalue weighted by molar-refractivity contribution is 7.82. The summed E-state index contributed by atoms with van der Waals surface area (Å²) in [6, 6.07) is 26.6. The van der Waals surface area contributed by atoms with Crippen molar-refractivity contribution >= 4 is 74.5 Å². The van der Waals surface area contributed by atoms with Gasteiger partial charge in [0, 0.05) is 101 Å². The molecule has 7 atom stereocenters. The number of ketones is 1. The molecule has 7 heterocycles. The van der Waals surface area contributed by atoms with E-state index in [-0.39, 0.29) is 100.0 Å². The topological polar surface area (TPSA) is 348 Å². The third kappa shape index (κ3) is 18.0. The number of hydrogen-bond donors (Lipinski definition) is 4. The van der Waals surface area contributed by atoms with E-state index in [2.05, 4.69) is 22.2 Å². The Morgan fingerprint density at radius 2 is 1.20 bits per heavy atom. The molecular weight excluding hydrogens is 1390 g/mol. The molecule has 2 aromatic heterocycles. The molecule has 12 rings (SSSR count). The summed E-state index contributed by atoms with van der Waals surface area (Å²) in [5.74, 6) is -0.285. The molecule has 5 aliphatic heterocycles. The molecule has 103 heavy (non-hydrogen) atoms. The monoisotopic (exact) mass is 1470 g/mol. The lowest BCUT2D eigenvalue weighted by molar-refractivity contribution is -0.916. The van der Waals surface area contributed by atoms with Crippen LogP contribution >= 0.6 is 22.7 Å². The number of benzene rings is 5. The van der Waals surface area contributed by atoms with Gasteiger partial charge < -0.3 is 85.7 Å². The Hall–Kier alpha value is -9.05. The van der Waals surface area contributed by atoms with E-state index in [0.717, 1.165) is 39.4 Å². The normalized spacial score (nSPS) is 19.7. The highest BCUT2D eigenvalue weighted by Gasteiger charge is 2.45. The third-order valence-corrected chi connectivity index (χ3v) is 20.6. The second kappa shape index (κ2) is 33.2. The molecular formula is C72H79N8O20S3+. The number of nitrogens with zero attached hydrogens (tertiary/aromatic N) is 8. The van der Waals surface area contributed by atoms with E-state index >= 15 is 0 Å². The molecule has 5 aliphatic rings. The quantitative estimate of drug-likeness (QED) is 0.00747. The molecule has 544 valence electrons. The van der Waals surface area contributed by atoms with Crippen LogP contribution in [0.25, 0.3) is 10.4 Å². The van der Waals surface area contributed by atoms with Gasteiger partial charge in [-0.15, -0.1) is 31.1 Å². The Labute approximate surface area is 602 Å². The molecule has 1 saturated heterocycles. The number of aliphatic imine (C=N–C) groups is 2. The van der Waals surface area contributed by atoms with E-state index in [9.17, 15) is 43.2 Å².